The smallest absolute Gasteiger partial charge is 0.209 e. The molecule has 0 saturated carbocycles. The van der Waals surface area contributed by atoms with Gasteiger partial charge in [-0.3, -0.25) is 4.79 Å². The van der Waals surface area contributed by atoms with E-state index in [0.29, 0.717) is 17.0 Å². The van der Waals surface area contributed by atoms with Gasteiger partial charge < -0.3 is 4.98 Å². The number of H-pyrrole nitrogens is 1. The lowest BCUT2D eigenvalue weighted by atomic mass is 10.1. The van der Waals surface area contributed by atoms with Gasteiger partial charge in [-0.15, -0.1) is 0 Å². The minimum absolute atomic E-state index is 0.214. The second-order valence-electron chi connectivity index (χ2n) is 3.57. The highest BCUT2D eigenvalue weighted by atomic mass is 19.1. The van der Waals surface area contributed by atoms with E-state index in [1.54, 1.807) is 12.1 Å². The number of nitrogens with one attached hydrogen (secondary N) is 1. The fourth-order valence-corrected chi connectivity index (χ4v) is 1.52. The Kier molecular flexibility index (Phi) is 3.01. The average Bonchev–Trinajstić information content (AvgIpc) is 2.78. The number of aromatic amines is 1. The number of nitriles is 1. The van der Waals surface area contributed by atoms with Gasteiger partial charge in [0.05, 0.1) is 18.2 Å². The van der Waals surface area contributed by atoms with Gasteiger partial charge in [0.15, 0.2) is 0 Å². The minimum atomic E-state index is -0.377. The summed E-state index contributed by atoms with van der Waals surface area (Å²) in [6.45, 7) is 0. The molecule has 3 nitrogen and oxygen atoms in total. The maximum atomic E-state index is 12.7. The highest BCUT2D eigenvalue weighted by molar-refractivity contribution is 6.07. The third-order valence-electron chi connectivity index (χ3n) is 2.37. The molecule has 1 aromatic carbocycles. The number of rotatable bonds is 3. The van der Waals surface area contributed by atoms with Crippen LogP contribution >= 0.6 is 0 Å². The molecular weight excluding hydrogens is 219 g/mol. The fraction of sp³-hybridized carbons (Fsp3) is 0.0769. The highest BCUT2D eigenvalue weighted by Crippen LogP contribution is 2.11. The summed E-state index contributed by atoms with van der Waals surface area (Å²) in [5.74, 6) is -0.590. The Morgan fingerprint density at radius 1 is 1.24 bits per heavy atom. The molecule has 1 N–H and O–H groups in total. The quantitative estimate of drug-likeness (QED) is 0.820. The van der Waals surface area contributed by atoms with Crippen LogP contribution in [0.3, 0.4) is 0 Å². The van der Waals surface area contributed by atoms with Crippen molar-refractivity contribution >= 4 is 5.78 Å². The van der Waals surface area contributed by atoms with Crippen LogP contribution < -0.4 is 0 Å². The number of carbonyl (C=O) groups excluding carboxylic acids is 1. The Bertz CT molecular complexity index is 578. The molecule has 0 amide bonds. The van der Waals surface area contributed by atoms with E-state index in [1.165, 1.54) is 24.3 Å². The van der Waals surface area contributed by atoms with Crippen molar-refractivity contribution in [3.63, 3.8) is 0 Å². The van der Waals surface area contributed by atoms with Gasteiger partial charge in [-0.2, -0.15) is 5.26 Å². The normalized spacial score (nSPS) is 9.88. The van der Waals surface area contributed by atoms with Crippen LogP contribution in [-0.4, -0.2) is 10.8 Å². The lowest BCUT2D eigenvalue weighted by Crippen LogP contribution is -2.01. The van der Waals surface area contributed by atoms with Crippen LogP contribution in [0.25, 0.3) is 0 Å². The largest absolute Gasteiger partial charge is 0.355 e. The van der Waals surface area contributed by atoms with Crippen molar-refractivity contribution in [2.24, 2.45) is 0 Å². The number of nitrogens with zero attached hydrogens (tertiary/aromatic N) is 1. The molecule has 0 unspecified atom stereocenters. The molecule has 1 heterocycles. The maximum absolute atomic E-state index is 12.7. The first kappa shape index (κ1) is 11.1. The zero-order chi connectivity index (χ0) is 12.3. The number of aromatic nitrogens is 1. The zero-order valence-electron chi connectivity index (χ0n) is 8.90. The van der Waals surface area contributed by atoms with Crippen molar-refractivity contribution in [2.45, 2.75) is 6.42 Å². The molecule has 0 aliphatic carbocycles. The predicted molar refractivity (Wildman–Crippen MR) is 59.9 cm³/mol. The molecule has 0 spiro atoms. The maximum Gasteiger partial charge on any atom is 0.209 e. The summed E-state index contributed by atoms with van der Waals surface area (Å²) in [5, 5.41) is 8.52. The molecule has 0 fully saturated rings. The van der Waals surface area contributed by atoms with Crippen molar-refractivity contribution < 1.29 is 9.18 Å². The summed E-state index contributed by atoms with van der Waals surface area (Å²) in [6.07, 6.45) is 0.233. The van der Waals surface area contributed by atoms with Crippen molar-refractivity contribution in [1.82, 2.24) is 4.98 Å². The summed E-state index contributed by atoms with van der Waals surface area (Å²) < 4.78 is 12.7. The van der Waals surface area contributed by atoms with Gasteiger partial charge in [-0.25, -0.2) is 4.39 Å². The standard InChI is InChI=1S/C13H9FN2O/c14-10-3-1-9(2-4-10)13(17)12-6-5-11(16-12)7-8-15/h1-6,16H,7H2. The van der Waals surface area contributed by atoms with Crippen LogP contribution in [0.5, 0.6) is 0 Å². The van der Waals surface area contributed by atoms with E-state index < -0.39 is 0 Å². The molecule has 0 radical (unpaired) electrons. The van der Waals surface area contributed by atoms with E-state index in [9.17, 15) is 9.18 Å². The van der Waals surface area contributed by atoms with E-state index in [2.05, 4.69) is 4.98 Å². The Hall–Kier alpha value is -2.41. The molecule has 0 bridgehead atoms. The van der Waals surface area contributed by atoms with Gasteiger partial charge >= 0.3 is 0 Å². The van der Waals surface area contributed by atoms with Crippen molar-refractivity contribution in [3.8, 4) is 6.07 Å². The molecule has 0 atom stereocenters. The van der Waals surface area contributed by atoms with Crippen LogP contribution in [0.2, 0.25) is 0 Å². The van der Waals surface area contributed by atoms with Crippen LogP contribution in [-0.2, 0) is 6.42 Å². The van der Waals surface area contributed by atoms with Crippen LogP contribution in [0, 0.1) is 17.1 Å². The molecule has 0 saturated heterocycles. The minimum Gasteiger partial charge on any atom is -0.355 e. The molecule has 2 aromatic rings. The van der Waals surface area contributed by atoms with Gasteiger partial charge in [0.1, 0.15) is 5.82 Å². The number of carbonyl (C=O) groups is 1. The summed E-state index contributed by atoms with van der Waals surface area (Å²) in [5.41, 5.74) is 1.51. The van der Waals surface area contributed by atoms with E-state index in [4.69, 9.17) is 5.26 Å². The van der Waals surface area contributed by atoms with E-state index in [1.807, 2.05) is 6.07 Å². The van der Waals surface area contributed by atoms with Crippen molar-refractivity contribution in [1.29, 1.82) is 5.26 Å². The van der Waals surface area contributed by atoms with Gasteiger partial charge in [-0.05, 0) is 36.4 Å². The van der Waals surface area contributed by atoms with Crippen LogP contribution in [0.4, 0.5) is 4.39 Å². The van der Waals surface area contributed by atoms with Crippen molar-refractivity contribution in [2.75, 3.05) is 0 Å². The van der Waals surface area contributed by atoms with Crippen molar-refractivity contribution in [3.05, 3.63) is 59.2 Å². The Morgan fingerprint density at radius 3 is 2.59 bits per heavy atom. The monoisotopic (exact) mass is 228 g/mol. The molecule has 1 aromatic heterocycles. The predicted octanol–water partition coefficient (Wildman–Crippen LogP) is 2.45. The SMILES string of the molecule is N#CCc1ccc(C(=O)c2ccc(F)cc2)[nH]1. The molecular formula is C13H9FN2O. The molecule has 0 aliphatic rings. The summed E-state index contributed by atoms with van der Waals surface area (Å²) in [7, 11) is 0. The Balaban J connectivity index is 2.25. The molecule has 17 heavy (non-hydrogen) atoms. The van der Waals surface area contributed by atoms with E-state index >= 15 is 0 Å². The summed E-state index contributed by atoms with van der Waals surface area (Å²) in [6, 6.07) is 10.7. The molecule has 0 aliphatic heterocycles. The lowest BCUT2D eigenvalue weighted by Gasteiger charge is -1.98. The highest BCUT2D eigenvalue weighted by Gasteiger charge is 2.10. The lowest BCUT2D eigenvalue weighted by molar-refractivity contribution is 0.103. The first-order valence-corrected chi connectivity index (χ1v) is 5.06. The number of hydrogen-bond donors (Lipinski definition) is 1. The number of benzene rings is 1. The fourth-order valence-electron chi connectivity index (χ4n) is 1.52. The van der Waals surface area contributed by atoms with Crippen LogP contribution in [0.15, 0.2) is 36.4 Å². The molecule has 4 heteroatoms. The molecule has 2 rings (SSSR count). The summed E-state index contributed by atoms with van der Waals surface area (Å²) in [4.78, 5) is 14.8. The number of hydrogen-bond acceptors (Lipinski definition) is 2. The number of halogens is 1. The van der Waals surface area contributed by atoms with Crippen LogP contribution in [0.1, 0.15) is 21.7 Å². The van der Waals surface area contributed by atoms with Gasteiger partial charge in [0.2, 0.25) is 5.78 Å². The van der Waals surface area contributed by atoms with Gasteiger partial charge in [-0.1, -0.05) is 0 Å². The molecule has 84 valence electrons. The Morgan fingerprint density at radius 2 is 1.94 bits per heavy atom. The Labute approximate surface area is 97.5 Å². The third kappa shape index (κ3) is 2.40. The third-order valence-corrected chi connectivity index (χ3v) is 2.37. The average molecular weight is 228 g/mol. The first-order valence-electron chi connectivity index (χ1n) is 5.06. The topological polar surface area (TPSA) is 56.6 Å². The first-order chi connectivity index (χ1) is 8.20. The second kappa shape index (κ2) is 4.62. The zero-order valence-corrected chi connectivity index (χ0v) is 8.90. The number of ketones is 1. The summed E-state index contributed by atoms with van der Waals surface area (Å²) >= 11 is 0. The van der Waals surface area contributed by atoms with E-state index in [-0.39, 0.29) is 18.0 Å². The second-order valence-corrected chi connectivity index (χ2v) is 3.57. The van der Waals surface area contributed by atoms with Gasteiger partial charge in [0.25, 0.3) is 0 Å². The van der Waals surface area contributed by atoms with Gasteiger partial charge in [0, 0.05) is 11.3 Å². The van der Waals surface area contributed by atoms with E-state index in [0.717, 1.165) is 0 Å².